The first-order valence-electron chi connectivity index (χ1n) is 6.22. The van der Waals surface area contributed by atoms with E-state index in [1.54, 1.807) is 7.05 Å². The lowest BCUT2D eigenvalue weighted by molar-refractivity contribution is 0.108. The van der Waals surface area contributed by atoms with Gasteiger partial charge in [0.15, 0.2) is 5.96 Å². The summed E-state index contributed by atoms with van der Waals surface area (Å²) in [6, 6.07) is 0. The van der Waals surface area contributed by atoms with Gasteiger partial charge in [0.1, 0.15) is 0 Å². The van der Waals surface area contributed by atoms with Crippen molar-refractivity contribution in [2.45, 2.75) is 20.3 Å². The van der Waals surface area contributed by atoms with Crippen molar-refractivity contribution in [1.82, 2.24) is 10.6 Å². The van der Waals surface area contributed by atoms with E-state index in [9.17, 15) is 0 Å². The summed E-state index contributed by atoms with van der Waals surface area (Å²) in [5, 5.41) is 6.52. The number of ether oxygens (including phenoxy) is 1. The lowest BCUT2D eigenvalue weighted by Gasteiger charge is -2.11. The molecule has 18 heavy (non-hydrogen) atoms. The van der Waals surface area contributed by atoms with Crippen LogP contribution in [0.25, 0.3) is 0 Å². The van der Waals surface area contributed by atoms with E-state index in [1.807, 2.05) is 11.8 Å². The van der Waals surface area contributed by atoms with Gasteiger partial charge in [-0.2, -0.15) is 11.8 Å². The SMILES string of the molecule is CN=C(NCCCOCC(C)C)NCCSC.I. The maximum atomic E-state index is 5.51. The molecule has 0 atom stereocenters. The summed E-state index contributed by atoms with van der Waals surface area (Å²) in [6.45, 7) is 7.83. The van der Waals surface area contributed by atoms with Crippen LogP contribution in [-0.2, 0) is 4.74 Å². The molecule has 0 saturated carbocycles. The number of hydrogen-bond donors (Lipinski definition) is 2. The number of aliphatic imine (C=N–C) groups is 1. The maximum absolute atomic E-state index is 5.51. The molecular formula is C12H28IN3OS. The lowest BCUT2D eigenvalue weighted by Crippen LogP contribution is -2.39. The first-order chi connectivity index (χ1) is 8.20. The number of rotatable bonds is 9. The number of nitrogens with zero attached hydrogens (tertiary/aromatic N) is 1. The number of nitrogens with one attached hydrogen (secondary N) is 2. The van der Waals surface area contributed by atoms with E-state index in [0.717, 1.165) is 44.4 Å². The molecular weight excluding hydrogens is 361 g/mol. The van der Waals surface area contributed by atoms with E-state index >= 15 is 0 Å². The summed E-state index contributed by atoms with van der Waals surface area (Å²) in [4.78, 5) is 4.15. The first-order valence-corrected chi connectivity index (χ1v) is 7.61. The molecule has 0 aliphatic rings. The predicted octanol–water partition coefficient (Wildman–Crippen LogP) is 2.20. The van der Waals surface area contributed by atoms with E-state index in [0.29, 0.717) is 5.92 Å². The predicted molar refractivity (Wildman–Crippen MR) is 93.4 cm³/mol. The maximum Gasteiger partial charge on any atom is 0.191 e. The third kappa shape index (κ3) is 14.4. The van der Waals surface area contributed by atoms with Gasteiger partial charge < -0.3 is 15.4 Å². The number of halogens is 1. The fourth-order valence-electron chi connectivity index (χ4n) is 1.19. The molecule has 0 aromatic carbocycles. The fourth-order valence-corrected chi connectivity index (χ4v) is 1.50. The minimum Gasteiger partial charge on any atom is -0.381 e. The molecule has 0 saturated heterocycles. The Balaban J connectivity index is 0. The topological polar surface area (TPSA) is 45.7 Å². The Morgan fingerprint density at radius 1 is 1.28 bits per heavy atom. The zero-order valence-corrected chi connectivity index (χ0v) is 15.1. The zero-order chi connectivity index (χ0) is 12.9. The Labute approximate surface area is 133 Å². The summed E-state index contributed by atoms with van der Waals surface area (Å²) in [5.74, 6) is 2.59. The second-order valence-electron chi connectivity index (χ2n) is 4.24. The number of thioether (sulfide) groups is 1. The molecule has 2 N–H and O–H groups in total. The average Bonchev–Trinajstić information content (AvgIpc) is 2.31. The molecule has 0 heterocycles. The van der Waals surface area contributed by atoms with E-state index < -0.39 is 0 Å². The minimum atomic E-state index is 0. The number of hydrogen-bond acceptors (Lipinski definition) is 3. The van der Waals surface area contributed by atoms with Crippen LogP contribution in [0.2, 0.25) is 0 Å². The summed E-state index contributed by atoms with van der Waals surface area (Å²) in [5.41, 5.74) is 0. The highest BCUT2D eigenvalue weighted by molar-refractivity contribution is 14.0. The van der Waals surface area contributed by atoms with Crippen molar-refractivity contribution in [3.05, 3.63) is 0 Å². The van der Waals surface area contributed by atoms with Crippen LogP contribution in [0, 0.1) is 5.92 Å². The molecule has 0 unspecified atom stereocenters. The van der Waals surface area contributed by atoms with Crippen molar-refractivity contribution < 1.29 is 4.74 Å². The van der Waals surface area contributed by atoms with Gasteiger partial charge in [0.2, 0.25) is 0 Å². The Morgan fingerprint density at radius 3 is 2.50 bits per heavy atom. The summed E-state index contributed by atoms with van der Waals surface area (Å²) < 4.78 is 5.51. The smallest absolute Gasteiger partial charge is 0.191 e. The molecule has 0 spiro atoms. The molecule has 0 amide bonds. The quantitative estimate of drug-likeness (QED) is 0.275. The van der Waals surface area contributed by atoms with Gasteiger partial charge >= 0.3 is 0 Å². The van der Waals surface area contributed by atoms with Gasteiger partial charge in [-0.1, -0.05) is 13.8 Å². The highest BCUT2D eigenvalue weighted by Gasteiger charge is 1.97. The molecule has 0 aliphatic carbocycles. The van der Waals surface area contributed by atoms with Gasteiger partial charge in [0.25, 0.3) is 0 Å². The third-order valence-electron chi connectivity index (χ3n) is 2.03. The Bertz CT molecular complexity index is 204. The van der Waals surface area contributed by atoms with Crippen LogP contribution in [0.15, 0.2) is 4.99 Å². The lowest BCUT2D eigenvalue weighted by atomic mass is 10.2. The Morgan fingerprint density at radius 2 is 1.94 bits per heavy atom. The molecule has 0 aromatic rings. The Hall–Kier alpha value is 0.310. The third-order valence-corrected chi connectivity index (χ3v) is 2.64. The number of guanidine groups is 1. The minimum absolute atomic E-state index is 0. The van der Waals surface area contributed by atoms with Crippen LogP contribution in [0.1, 0.15) is 20.3 Å². The van der Waals surface area contributed by atoms with Crippen molar-refractivity contribution in [1.29, 1.82) is 0 Å². The van der Waals surface area contributed by atoms with Crippen molar-refractivity contribution in [2.24, 2.45) is 10.9 Å². The van der Waals surface area contributed by atoms with Crippen LogP contribution >= 0.6 is 35.7 Å². The van der Waals surface area contributed by atoms with Gasteiger partial charge in [-0.3, -0.25) is 4.99 Å². The van der Waals surface area contributed by atoms with Gasteiger partial charge in [-0.25, -0.2) is 0 Å². The molecule has 0 aromatic heterocycles. The van der Waals surface area contributed by atoms with Crippen LogP contribution in [0.3, 0.4) is 0 Å². The molecule has 6 heteroatoms. The second kappa shape index (κ2) is 15.4. The molecule has 0 rings (SSSR count). The van der Waals surface area contributed by atoms with Crippen molar-refractivity contribution in [2.75, 3.05) is 45.4 Å². The average molecular weight is 389 g/mol. The molecule has 0 aliphatic heterocycles. The molecule has 0 fully saturated rings. The first kappa shape index (κ1) is 20.6. The molecule has 4 nitrogen and oxygen atoms in total. The highest BCUT2D eigenvalue weighted by Crippen LogP contribution is 1.92. The van der Waals surface area contributed by atoms with Crippen LogP contribution in [-0.4, -0.2) is 51.3 Å². The van der Waals surface area contributed by atoms with Crippen LogP contribution in [0.4, 0.5) is 0 Å². The highest BCUT2D eigenvalue weighted by atomic mass is 127. The van der Waals surface area contributed by atoms with E-state index in [2.05, 4.69) is 35.7 Å². The standard InChI is InChI=1S/C12H27N3OS.HI/c1-11(2)10-16-8-5-6-14-12(13-3)15-7-9-17-4;/h11H,5-10H2,1-4H3,(H2,13,14,15);1H. The monoisotopic (exact) mass is 389 g/mol. The summed E-state index contributed by atoms with van der Waals surface area (Å²) >= 11 is 1.83. The van der Waals surface area contributed by atoms with Gasteiger partial charge in [0, 0.05) is 39.1 Å². The molecule has 0 bridgehead atoms. The molecule has 0 radical (unpaired) electrons. The van der Waals surface area contributed by atoms with E-state index in [1.165, 1.54) is 0 Å². The van der Waals surface area contributed by atoms with E-state index in [-0.39, 0.29) is 24.0 Å². The van der Waals surface area contributed by atoms with Crippen molar-refractivity contribution >= 4 is 41.7 Å². The van der Waals surface area contributed by atoms with Crippen molar-refractivity contribution in [3.8, 4) is 0 Å². The normalized spacial score (nSPS) is 11.3. The van der Waals surface area contributed by atoms with Crippen LogP contribution in [0.5, 0.6) is 0 Å². The van der Waals surface area contributed by atoms with Crippen LogP contribution < -0.4 is 10.6 Å². The largest absolute Gasteiger partial charge is 0.381 e. The van der Waals surface area contributed by atoms with Gasteiger partial charge in [0.05, 0.1) is 0 Å². The molecule has 110 valence electrons. The fraction of sp³-hybridized carbons (Fsp3) is 0.917. The zero-order valence-electron chi connectivity index (χ0n) is 12.0. The van der Waals surface area contributed by atoms with E-state index in [4.69, 9.17) is 4.74 Å². The van der Waals surface area contributed by atoms with Gasteiger partial charge in [-0.15, -0.1) is 24.0 Å². The summed E-state index contributed by atoms with van der Waals surface area (Å²) in [7, 11) is 1.80. The van der Waals surface area contributed by atoms with Crippen molar-refractivity contribution in [3.63, 3.8) is 0 Å². The summed E-state index contributed by atoms with van der Waals surface area (Å²) in [6.07, 6.45) is 3.11. The van der Waals surface area contributed by atoms with Gasteiger partial charge in [-0.05, 0) is 18.6 Å². The Kier molecular flexibility index (Phi) is 17.6. The second-order valence-corrected chi connectivity index (χ2v) is 5.23.